The molecule has 92 valence electrons. The number of aromatic nitrogens is 3. The number of imidazole rings is 1. The van der Waals surface area contributed by atoms with E-state index in [9.17, 15) is 0 Å². The van der Waals surface area contributed by atoms with Gasteiger partial charge in [-0.25, -0.2) is 4.98 Å². The summed E-state index contributed by atoms with van der Waals surface area (Å²) in [4.78, 5) is 4.35. The fraction of sp³-hybridized carbons (Fsp3) is 0.462. The van der Waals surface area contributed by atoms with Crippen molar-refractivity contribution in [3.05, 3.63) is 42.2 Å². The molecule has 0 saturated heterocycles. The van der Waals surface area contributed by atoms with E-state index < -0.39 is 0 Å². The Bertz CT molecular complexity index is 455. The van der Waals surface area contributed by atoms with Crippen molar-refractivity contribution in [1.29, 1.82) is 0 Å². The van der Waals surface area contributed by atoms with E-state index in [1.54, 1.807) is 0 Å². The first-order chi connectivity index (χ1) is 8.31. The molecule has 0 amide bonds. The van der Waals surface area contributed by atoms with Crippen LogP contribution in [0, 0.1) is 0 Å². The van der Waals surface area contributed by atoms with E-state index in [0.717, 1.165) is 25.5 Å². The molecule has 0 radical (unpaired) electrons. The van der Waals surface area contributed by atoms with Crippen LogP contribution in [-0.2, 0) is 20.1 Å². The summed E-state index contributed by atoms with van der Waals surface area (Å²) in [5, 5.41) is 3.42. The second-order valence-corrected chi connectivity index (χ2v) is 4.26. The number of nitrogens with zero attached hydrogens (tertiary/aromatic N) is 3. The van der Waals surface area contributed by atoms with Gasteiger partial charge >= 0.3 is 0 Å². The number of hydrogen-bond donors (Lipinski definition) is 1. The van der Waals surface area contributed by atoms with Crippen molar-refractivity contribution in [2.45, 2.75) is 26.4 Å². The van der Waals surface area contributed by atoms with Crippen molar-refractivity contribution < 1.29 is 0 Å². The molecule has 4 nitrogen and oxygen atoms in total. The molecule has 0 aromatic carbocycles. The van der Waals surface area contributed by atoms with Gasteiger partial charge in [0.1, 0.15) is 5.82 Å². The minimum absolute atomic E-state index is 0.833. The molecule has 4 heteroatoms. The first-order valence-electron chi connectivity index (χ1n) is 6.12. The number of hydrogen-bond acceptors (Lipinski definition) is 2. The van der Waals surface area contributed by atoms with Gasteiger partial charge in [-0.3, -0.25) is 0 Å². The normalized spacial score (nSPS) is 10.9. The largest absolute Gasteiger partial charge is 0.343 e. The van der Waals surface area contributed by atoms with E-state index >= 15 is 0 Å². The van der Waals surface area contributed by atoms with Gasteiger partial charge in [0.25, 0.3) is 0 Å². The molecule has 0 aliphatic heterocycles. The summed E-state index contributed by atoms with van der Waals surface area (Å²) in [6.45, 7) is 5.00. The third-order valence-corrected chi connectivity index (χ3v) is 2.89. The lowest BCUT2D eigenvalue weighted by atomic mass is 10.4. The maximum Gasteiger partial charge on any atom is 0.128 e. The van der Waals surface area contributed by atoms with Gasteiger partial charge in [0.15, 0.2) is 0 Å². The van der Waals surface area contributed by atoms with E-state index in [1.165, 1.54) is 12.1 Å². The minimum atomic E-state index is 0.833. The molecule has 2 rings (SSSR count). The van der Waals surface area contributed by atoms with Crippen LogP contribution in [0.2, 0.25) is 0 Å². The Morgan fingerprint density at radius 3 is 2.94 bits per heavy atom. The van der Waals surface area contributed by atoms with E-state index in [2.05, 4.69) is 44.7 Å². The number of nitrogens with one attached hydrogen (secondary N) is 1. The SMILES string of the molecule is CCCNCc1cccn1Cc1nccn1C. The molecule has 17 heavy (non-hydrogen) atoms. The lowest BCUT2D eigenvalue weighted by Crippen LogP contribution is -2.17. The Labute approximate surface area is 102 Å². The molecule has 1 N–H and O–H groups in total. The zero-order chi connectivity index (χ0) is 12.1. The standard InChI is InChI=1S/C13H20N4/c1-3-6-14-10-12-5-4-8-17(12)11-13-15-7-9-16(13)2/h4-5,7-9,14H,3,6,10-11H2,1-2H3. The van der Waals surface area contributed by atoms with Gasteiger partial charge in [0.2, 0.25) is 0 Å². The fourth-order valence-corrected chi connectivity index (χ4v) is 1.86. The van der Waals surface area contributed by atoms with Gasteiger partial charge in [-0.05, 0) is 25.1 Å². The first kappa shape index (κ1) is 11.9. The van der Waals surface area contributed by atoms with Gasteiger partial charge in [-0.1, -0.05) is 6.92 Å². The quantitative estimate of drug-likeness (QED) is 0.770. The molecule has 0 aliphatic carbocycles. The van der Waals surface area contributed by atoms with Crippen LogP contribution >= 0.6 is 0 Å². The predicted octanol–water partition coefficient (Wildman–Crippen LogP) is 1.77. The summed E-state index contributed by atoms with van der Waals surface area (Å²) in [7, 11) is 2.03. The van der Waals surface area contributed by atoms with Gasteiger partial charge in [-0.15, -0.1) is 0 Å². The Kier molecular flexibility index (Phi) is 3.98. The lowest BCUT2D eigenvalue weighted by molar-refractivity contribution is 0.614. The van der Waals surface area contributed by atoms with E-state index in [0.29, 0.717) is 0 Å². The molecule has 0 aliphatic rings. The summed E-state index contributed by atoms with van der Waals surface area (Å²) in [5.74, 6) is 1.08. The third-order valence-electron chi connectivity index (χ3n) is 2.89. The van der Waals surface area contributed by atoms with Crippen LogP contribution in [-0.4, -0.2) is 20.7 Å². The van der Waals surface area contributed by atoms with Crippen LogP contribution in [0.3, 0.4) is 0 Å². The van der Waals surface area contributed by atoms with Gasteiger partial charge < -0.3 is 14.5 Å². The minimum Gasteiger partial charge on any atom is -0.343 e. The molecular formula is C13H20N4. The van der Waals surface area contributed by atoms with Crippen LogP contribution in [0.4, 0.5) is 0 Å². The molecular weight excluding hydrogens is 212 g/mol. The Hall–Kier alpha value is -1.55. The molecule has 0 bridgehead atoms. The Morgan fingerprint density at radius 1 is 1.35 bits per heavy atom. The maximum absolute atomic E-state index is 4.35. The third kappa shape index (κ3) is 2.97. The summed E-state index contributed by atoms with van der Waals surface area (Å²) in [6, 6.07) is 4.25. The number of aryl methyl sites for hydroxylation is 1. The second-order valence-electron chi connectivity index (χ2n) is 4.26. The maximum atomic E-state index is 4.35. The Morgan fingerprint density at radius 2 is 2.24 bits per heavy atom. The van der Waals surface area contributed by atoms with Crippen LogP contribution in [0.5, 0.6) is 0 Å². The van der Waals surface area contributed by atoms with Crippen LogP contribution in [0.15, 0.2) is 30.7 Å². The fourth-order valence-electron chi connectivity index (χ4n) is 1.86. The summed E-state index contributed by atoms with van der Waals surface area (Å²) < 4.78 is 4.30. The molecule has 0 spiro atoms. The van der Waals surface area contributed by atoms with Crippen molar-refractivity contribution in [3.8, 4) is 0 Å². The smallest absolute Gasteiger partial charge is 0.128 e. The average molecular weight is 232 g/mol. The van der Waals surface area contributed by atoms with Crippen molar-refractivity contribution in [2.24, 2.45) is 7.05 Å². The van der Waals surface area contributed by atoms with Gasteiger partial charge in [0.05, 0.1) is 6.54 Å². The highest BCUT2D eigenvalue weighted by molar-refractivity contribution is 5.09. The Balaban J connectivity index is 2.01. The lowest BCUT2D eigenvalue weighted by Gasteiger charge is -2.09. The first-order valence-corrected chi connectivity index (χ1v) is 6.12. The summed E-state index contributed by atoms with van der Waals surface area (Å²) in [6.07, 6.45) is 7.10. The highest BCUT2D eigenvalue weighted by Crippen LogP contribution is 2.06. The zero-order valence-electron chi connectivity index (χ0n) is 10.6. The topological polar surface area (TPSA) is 34.8 Å². The molecule has 0 fully saturated rings. The van der Waals surface area contributed by atoms with Crippen molar-refractivity contribution in [2.75, 3.05) is 6.54 Å². The molecule has 0 unspecified atom stereocenters. The summed E-state index contributed by atoms with van der Waals surface area (Å²) in [5.41, 5.74) is 1.31. The number of rotatable bonds is 6. The van der Waals surface area contributed by atoms with Crippen LogP contribution < -0.4 is 5.32 Å². The molecule has 0 saturated carbocycles. The molecule has 2 aromatic heterocycles. The highest BCUT2D eigenvalue weighted by Gasteiger charge is 2.04. The van der Waals surface area contributed by atoms with Gasteiger partial charge in [0, 0.05) is 37.9 Å². The highest BCUT2D eigenvalue weighted by atomic mass is 15.1. The summed E-state index contributed by atoms with van der Waals surface area (Å²) >= 11 is 0. The van der Waals surface area contributed by atoms with E-state index in [4.69, 9.17) is 0 Å². The monoisotopic (exact) mass is 232 g/mol. The van der Waals surface area contributed by atoms with Crippen molar-refractivity contribution in [1.82, 2.24) is 19.4 Å². The van der Waals surface area contributed by atoms with E-state index in [1.807, 2.05) is 19.4 Å². The zero-order valence-corrected chi connectivity index (χ0v) is 10.6. The van der Waals surface area contributed by atoms with Crippen LogP contribution in [0.25, 0.3) is 0 Å². The van der Waals surface area contributed by atoms with Crippen molar-refractivity contribution in [3.63, 3.8) is 0 Å². The predicted molar refractivity (Wildman–Crippen MR) is 68.7 cm³/mol. The second kappa shape index (κ2) is 5.68. The van der Waals surface area contributed by atoms with Crippen molar-refractivity contribution >= 4 is 0 Å². The average Bonchev–Trinajstić information content (AvgIpc) is 2.91. The van der Waals surface area contributed by atoms with Crippen LogP contribution in [0.1, 0.15) is 24.9 Å². The molecule has 2 heterocycles. The van der Waals surface area contributed by atoms with E-state index in [-0.39, 0.29) is 0 Å². The van der Waals surface area contributed by atoms with Gasteiger partial charge in [-0.2, -0.15) is 0 Å². The molecule has 0 atom stereocenters. The molecule has 2 aromatic rings.